The van der Waals surface area contributed by atoms with Crippen LogP contribution in [0, 0.1) is 5.92 Å². The van der Waals surface area contributed by atoms with E-state index in [0.29, 0.717) is 18.0 Å². The molecule has 0 aliphatic carbocycles. The van der Waals surface area contributed by atoms with Gasteiger partial charge in [0.25, 0.3) is 5.91 Å². The topological polar surface area (TPSA) is 49.9 Å². The number of hydrogen-bond donors (Lipinski definition) is 0. The second-order valence-corrected chi connectivity index (χ2v) is 6.40. The molecule has 124 valence electrons. The van der Waals surface area contributed by atoms with Crippen molar-refractivity contribution in [2.45, 2.75) is 32.2 Å². The lowest BCUT2D eigenvalue weighted by Gasteiger charge is -2.41. The van der Waals surface area contributed by atoms with Crippen molar-refractivity contribution >= 4 is 11.8 Å². The Morgan fingerprint density at radius 1 is 1.22 bits per heavy atom. The van der Waals surface area contributed by atoms with Gasteiger partial charge < -0.3 is 14.5 Å². The zero-order chi connectivity index (χ0) is 16.4. The normalized spacial score (nSPS) is 21.2. The molecule has 0 radical (unpaired) electrons. The van der Waals surface area contributed by atoms with Crippen molar-refractivity contribution < 1.29 is 14.3 Å². The highest BCUT2D eigenvalue weighted by Crippen LogP contribution is 2.26. The highest BCUT2D eigenvalue weighted by atomic mass is 16.5. The molecular weight excluding hydrogens is 292 g/mol. The molecule has 0 N–H and O–H groups in total. The van der Waals surface area contributed by atoms with E-state index in [4.69, 9.17) is 4.74 Å². The van der Waals surface area contributed by atoms with Gasteiger partial charge in [-0.1, -0.05) is 6.92 Å². The van der Waals surface area contributed by atoms with Crippen LogP contribution in [0.3, 0.4) is 0 Å². The molecule has 0 bridgehead atoms. The summed E-state index contributed by atoms with van der Waals surface area (Å²) in [7, 11) is 1.60. The monoisotopic (exact) mass is 316 g/mol. The fourth-order valence-electron chi connectivity index (χ4n) is 3.38. The van der Waals surface area contributed by atoms with E-state index >= 15 is 0 Å². The number of hydrogen-bond acceptors (Lipinski definition) is 3. The quantitative estimate of drug-likeness (QED) is 0.855. The van der Waals surface area contributed by atoms with E-state index in [9.17, 15) is 9.59 Å². The number of likely N-dealkylation sites (tertiary alicyclic amines) is 2. The maximum atomic E-state index is 12.7. The van der Waals surface area contributed by atoms with Gasteiger partial charge in [0.15, 0.2) is 0 Å². The number of methoxy groups -OCH3 is 1. The molecule has 5 nitrogen and oxygen atoms in total. The second-order valence-electron chi connectivity index (χ2n) is 6.40. The molecule has 0 spiro atoms. The minimum atomic E-state index is -0.289. The van der Waals surface area contributed by atoms with Crippen molar-refractivity contribution in [3.63, 3.8) is 0 Å². The van der Waals surface area contributed by atoms with Crippen LogP contribution in [0.4, 0.5) is 0 Å². The standard InChI is InChI=1S/C18H24N2O3/c1-3-13-11-19(12-13)18(22)16-5-4-10-20(16)17(21)14-6-8-15(23-2)9-7-14/h6-9,13,16H,3-5,10-12H2,1-2H3. The van der Waals surface area contributed by atoms with Gasteiger partial charge in [0.1, 0.15) is 11.8 Å². The Kier molecular flexibility index (Phi) is 4.55. The smallest absolute Gasteiger partial charge is 0.254 e. The van der Waals surface area contributed by atoms with E-state index in [-0.39, 0.29) is 17.9 Å². The van der Waals surface area contributed by atoms with Crippen LogP contribution in [0.2, 0.25) is 0 Å². The van der Waals surface area contributed by atoms with Crippen LogP contribution in [0.25, 0.3) is 0 Å². The molecular formula is C18H24N2O3. The maximum Gasteiger partial charge on any atom is 0.254 e. The summed E-state index contributed by atoms with van der Waals surface area (Å²) in [5, 5.41) is 0. The molecule has 5 heteroatoms. The Bertz CT molecular complexity index is 578. The van der Waals surface area contributed by atoms with Gasteiger partial charge in [-0.3, -0.25) is 9.59 Å². The predicted octanol–water partition coefficient (Wildman–Crippen LogP) is 2.17. The van der Waals surface area contributed by atoms with Crippen LogP contribution >= 0.6 is 0 Å². The summed E-state index contributed by atoms with van der Waals surface area (Å²) >= 11 is 0. The average Bonchev–Trinajstić information content (AvgIpc) is 3.02. The van der Waals surface area contributed by atoms with Crippen molar-refractivity contribution in [3.05, 3.63) is 29.8 Å². The summed E-state index contributed by atoms with van der Waals surface area (Å²) in [6.07, 6.45) is 2.78. The molecule has 2 amide bonds. The van der Waals surface area contributed by atoms with Gasteiger partial charge in [-0.15, -0.1) is 0 Å². The van der Waals surface area contributed by atoms with Gasteiger partial charge >= 0.3 is 0 Å². The molecule has 2 fully saturated rings. The minimum Gasteiger partial charge on any atom is -0.497 e. The summed E-state index contributed by atoms with van der Waals surface area (Å²) < 4.78 is 5.12. The van der Waals surface area contributed by atoms with Crippen LogP contribution < -0.4 is 4.74 Å². The fourth-order valence-corrected chi connectivity index (χ4v) is 3.38. The molecule has 2 aliphatic heterocycles. The molecule has 1 unspecified atom stereocenters. The number of amides is 2. The number of nitrogens with zero attached hydrogens (tertiary/aromatic N) is 2. The SMILES string of the molecule is CCC1CN(C(=O)C2CCCN2C(=O)c2ccc(OC)cc2)C1. The minimum absolute atomic E-state index is 0.0592. The second kappa shape index (κ2) is 6.60. The van der Waals surface area contributed by atoms with E-state index in [2.05, 4.69) is 6.92 Å². The van der Waals surface area contributed by atoms with Crippen LogP contribution in [-0.2, 0) is 4.79 Å². The lowest BCUT2D eigenvalue weighted by Crippen LogP contribution is -2.56. The summed E-state index contributed by atoms with van der Waals surface area (Å²) in [5.74, 6) is 1.41. The number of rotatable bonds is 4. The third kappa shape index (κ3) is 3.05. The van der Waals surface area contributed by atoms with Crippen molar-refractivity contribution in [2.24, 2.45) is 5.92 Å². The lowest BCUT2D eigenvalue weighted by molar-refractivity contribution is -0.141. The molecule has 1 aromatic carbocycles. The van der Waals surface area contributed by atoms with Crippen LogP contribution in [0.1, 0.15) is 36.5 Å². The number of carbonyl (C=O) groups excluding carboxylic acids is 2. The van der Waals surface area contributed by atoms with E-state index in [1.807, 2.05) is 4.90 Å². The van der Waals surface area contributed by atoms with Crippen molar-refractivity contribution in [3.8, 4) is 5.75 Å². The molecule has 1 atom stereocenters. The molecule has 2 aliphatic rings. The highest BCUT2D eigenvalue weighted by molar-refractivity contribution is 5.98. The van der Waals surface area contributed by atoms with Crippen LogP contribution in [0.5, 0.6) is 5.75 Å². The van der Waals surface area contributed by atoms with E-state index in [0.717, 1.165) is 38.1 Å². The Hall–Kier alpha value is -2.04. The van der Waals surface area contributed by atoms with Gasteiger partial charge in [0, 0.05) is 25.2 Å². The predicted molar refractivity (Wildman–Crippen MR) is 87.4 cm³/mol. The van der Waals surface area contributed by atoms with Crippen molar-refractivity contribution in [1.82, 2.24) is 9.80 Å². The molecule has 2 saturated heterocycles. The number of carbonyl (C=O) groups is 2. The van der Waals surface area contributed by atoms with Crippen molar-refractivity contribution in [1.29, 1.82) is 0 Å². The zero-order valence-corrected chi connectivity index (χ0v) is 13.8. The largest absolute Gasteiger partial charge is 0.497 e. The third-order valence-electron chi connectivity index (χ3n) is 4.98. The molecule has 2 heterocycles. The molecule has 0 aromatic heterocycles. The molecule has 1 aromatic rings. The van der Waals surface area contributed by atoms with Gasteiger partial charge in [0.2, 0.25) is 5.91 Å². The Balaban J connectivity index is 1.68. The van der Waals surface area contributed by atoms with Gasteiger partial charge in [-0.25, -0.2) is 0 Å². The first-order chi connectivity index (χ1) is 11.1. The Morgan fingerprint density at radius 3 is 2.52 bits per heavy atom. The van der Waals surface area contributed by atoms with Gasteiger partial charge in [-0.05, 0) is 49.4 Å². The molecule has 3 rings (SSSR count). The summed E-state index contributed by atoms with van der Waals surface area (Å²) in [5.41, 5.74) is 0.612. The lowest BCUT2D eigenvalue weighted by atomic mass is 9.96. The first kappa shape index (κ1) is 15.8. The first-order valence-corrected chi connectivity index (χ1v) is 8.37. The highest BCUT2D eigenvalue weighted by Gasteiger charge is 2.40. The molecule has 23 heavy (non-hydrogen) atoms. The van der Waals surface area contributed by atoms with Crippen LogP contribution in [-0.4, -0.2) is 54.4 Å². The van der Waals surface area contributed by atoms with E-state index in [1.54, 1.807) is 36.3 Å². The number of ether oxygens (including phenoxy) is 1. The van der Waals surface area contributed by atoms with Gasteiger partial charge in [0.05, 0.1) is 7.11 Å². The Morgan fingerprint density at radius 2 is 1.91 bits per heavy atom. The van der Waals surface area contributed by atoms with Gasteiger partial charge in [-0.2, -0.15) is 0 Å². The third-order valence-corrected chi connectivity index (χ3v) is 4.98. The fraction of sp³-hybridized carbons (Fsp3) is 0.556. The van der Waals surface area contributed by atoms with Crippen molar-refractivity contribution in [2.75, 3.05) is 26.7 Å². The summed E-state index contributed by atoms with van der Waals surface area (Å²) in [6.45, 7) is 4.50. The maximum absolute atomic E-state index is 12.7. The average molecular weight is 316 g/mol. The zero-order valence-electron chi connectivity index (χ0n) is 13.8. The first-order valence-electron chi connectivity index (χ1n) is 8.37. The van der Waals surface area contributed by atoms with E-state index < -0.39 is 0 Å². The summed E-state index contributed by atoms with van der Waals surface area (Å²) in [6, 6.07) is 6.79. The molecule has 0 saturated carbocycles. The van der Waals surface area contributed by atoms with E-state index in [1.165, 1.54) is 0 Å². The Labute approximate surface area is 137 Å². The van der Waals surface area contributed by atoms with Crippen LogP contribution in [0.15, 0.2) is 24.3 Å². The summed E-state index contributed by atoms with van der Waals surface area (Å²) in [4.78, 5) is 29.0. The number of benzene rings is 1.